The van der Waals surface area contributed by atoms with Gasteiger partial charge in [-0.1, -0.05) is 0 Å². The molecule has 0 bridgehead atoms. The lowest BCUT2D eigenvalue weighted by molar-refractivity contribution is 0.174. The SMILES string of the molecule is Cc1nc2c(F)cc(F)cc2n1-c1nc(N)c(F)c(Nc2ccc3c(c2)OCO3)n1. The fourth-order valence-corrected chi connectivity index (χ4v) is 3.22. The number of fused-ring (bicyclic) bond motifs is 2. The van der Waals surface area contributed by atoms with Gasteiger partial charge in [0.15, 0.2) is 29.0 Å². The molecule has 5 rings (SSSR count). The number of rotatable bonds is 3. The fourth-order valence-electron chi connectivity index (χ4n) is 3.22. The summed E-state index contributed by atoms with van der Waals surface area (Å²) in [6.07, 6.45) is 0. The van der Waals surface area contributed by atoms with Crippen LogP contribution in [0.5, 0.6) is 11.5 Å². The molecule has 0 unspecified atom stereocenters. The first-order chi connectivity index (χ1) is 14.4. The molecule has 1 aliphatic rings. The van der Waals surface area contributed by atoms with E-state index < -0.39 is 23.3 Å². The van der Waals surface area contributed by atoms with E-state index in [1.165, 1.54) is 4.57 Å². The molecule has 0 saturated heterocycles. The van der Waals surface area contributed by atoms with Gasteiger partial charge in [-0.15, -0.1) is 0 Å². The number of hydrogen-bond acceptors (Lipinski definition) is 7. The molecule has 0 fully saturated rings. The van der Waals surface area contributed by atoms with E-state index in [1.807, 2.05) is 0 Å². The molecular formula is C19H13F3N6O2. The molecule has 2 aromatic heterocycles. The van der Waals surface area contributed by atoms with Crippen molar-refractivity contribution in [3.63, 3.8) is 0 Å². The second kappa shape index (κ2) is 6.51. The highest BCUT2D eigenvalue weighted by atomic mass is 19.1. The van der Waals surface area contributed by atoms with E-state index >= 15 is 0 Å². The Bertz CT molecular complexity index is 1320. The second-order valence-corrected chi connectivity index (χ2v) is 6.51. The number of halogens is 3. The van der Waals surface area contributed by atoms with Gasteiger partial charge in [-0.25, -0.2) is 13.8 Å². The molecule has 0 atom stereocenters. The van der Waals surface area contributed by atoms with E-state index in [0.717, 1.165) is 12.1 Å². The zero-order valence-corrected chi connectivity index (χ0v) is 15.4. The lowest BCUT2D eigenvalue weighted by atomic mass is 10.2. The summed E-state index contributed by atoms with van der Waals surface area (Å²) in [5.74, 6) is -1.95. The molecular weight excluding hydrogens is 401 g/mol. The minimum absolute atomic E-state index is 0.0642. The Morgan fingerprint density at radius 3 is 2.67 bits per heavy atom. The molecule has 3 N–H and O–H groups in total. The Labute approximate surface area is 167 Å². The maximum absolute atomic E-state index is 14.6. The van der Waals surface area contributed by atoms with Crippen LogP contribution < -0.4 is 20.5 Å². The predicted molar refractivity (Wildman–Crippen MR) is 102 cm³/mol. The van der Waals surface area contributed by atoms with Crippen molar-refractivity contribution in [3.05, 3.63) is 53.6 Å². The van der Waals surface area contributed by atoms with Crippen LogP contribution in [0.4, 0.5) is 30.5 Å². The van der Waals surface area contributed by atoms with E-state index in [9.17, 15) is 13.2 Å². The van der Waals surface area contributed by atoms with Crippen LogP contribution in [0.3, 0.4) is 0 Å². The van der Waals surface area contributed by atoms with Gasteiger partial charge in [-0.05, 0) is 19.1 Å². The Morgan fingerprint density at radius 1 is 1.03 bits per heavy atom. The first-order valence-electron chi connectivity index (χ1n) is 8.75. The number of nitrogens with two attached hydrogens (primary N) is 1. The van der Waals surface area contributed by atoms with E-state index in [1.54, 1.807) is 25.1 Å². The maximum Gasteiger partial charge on any atom is 0.239 e. The third kappa shape index (κ3) is 2.82. The Morgan fingerprint density at radius 2 is 1.83 bits per heavy atom. The number of nitrogen functional groups attached to an aromatic ring is 1. The van der Waals surface area contributed by atoms with Crippen molar-refractivity contribution in [2.24, 2.45) is 0 Å². The first kappa shape index (κ1) is 18.0. The van der Waals surface area contributed by atoms with Crippen LogP contribution in [-0.2, 0) is 0 Å². The summed E-state index contributed by atoms with van der Waals surface area (Å²) in [7, 11) is 0. The quantitative estimate of drug-likeness (QED) is 0.528. The highest BCUT2D eigenvalue weighted by Crippen LogP contribution is 2.35. The van der Waals surface area contributed by atoms with Crippen molar-refractivity contribution in [3.8, 4) is 17.4 Å². The zero-order chi connectivity index (χ0) is 21.0. The van der Waals surface area contributed by atoms with E-state index in [2.05, 4.69) is 20.3 Å². The largest absolute Gasteiger partial charge is 0.454 e. The number of aromatic nitrogens is 4. The van der Waals surface area contributed by atoms with E-state index in [4.69, 9.17) is 15.2 Å². The highest BCUT2D eigenvalue weighted by molar-refractivity contribution is 5.78. The van der Waals surface area contributed by atoms with Crippen molar-refractivity contribution < 1.29 is 22.6 Å². The van der Waals surface area contributed by atoms with Crippen LogP contribution in [0.1, 0.15) is 5.82 Å². The summed E-state index contributed by atoms with van der Waals surface area (Å²) in [6.45, 7) is 1.66. The van der Waals surface area contributed by atoms with Crippen LogP contribution in [0.15, 0.2) is 30.3 Å². The summed E-state index contributed by atoms with van der Waals surface area (Å²) in [6, 6.07) is 6.74. The topological polar surface area (TPSA) is 100 Å². The number of nitrogens with zero attached hydrogens (tertiary/aromatic N) is 4. The highest BCUT2D eigenvalue weighted by Gasteiger charge is 2.20. The lowest BCUT2D eigenvalue weighted by Crippen LogP contribution is -2.10. The normalized spacial score (nSPS) is 12.5. The zero-order valence-electron chi connectivity index (χ0n) is 15.4. The van der Waals surface area contributed by atoms with Crippen molar-refractivity contribution >= 4 is 28.4 Å². The Hall–Kier alpha value is -4.02. The number of imidazole rings is 1. The molecule has 1 aliphatic heterocycles. The number of aryl methyl sites for hydroxylation is 1. The van der Waals surface area contributed by atoms with Crippen molar-refractivity contribution in [1.29, 1.82) is 0 Å². The lowest BCUT2D eigenvalue weighted by Gasteiger charge is -2.12. The van der Waals surface area contributed by atoms with Gasteiger partial charge in [-0.2, -0.15) is 14.4 Å². The van der Waals surface area contributed by atoms with Crippen molar-refractivity contribution in [2.45, 2.75) is 6.92 Å². The van der Waals surface area contributed by atoms with Crippen LogP contribution >= 0.6 is 0 Å². The summed E-state index contributed by atoms with van der Waals surface area (Å²) in [4.78, 5) is 12.2. The third-order valence-electron chi connectivity index (χ3n) is 4.55. The number of nitrogens with one attached hydrogen (secondary N) is 1. The van der Waals surface area contributed by atoms with Crippen LogP contribution in [-0.4, -0.2) is 26.3 Å². The molecule has 30 heavy (non-hydrogen) atoms. The number of benzene rings is 2. The summed E-state index contributed by atoms with van der Waals surface area (Å²) in [5.41, 5.74) is 6.22. The number of ether oxygens (including phenoxy) is 2. The smallest absolute Gasteiger partial charge is 0.239 e. The average molecular weight is 414 g/mol. The van der Waals surface area contributed by atoms with Gasteiger partial charge in [0.25, 0.3) is 0 Å². The standard InChI is InChI=1S/C19H13F3N6O2/c1-8-24-16-11(21)4-9(20)5-12(16)28(8)19-26-17(23)15(22)18(27-19)25-10-2-3-13-14(6-10)30-7-29-13/h2-6H,7H2,1H3,(H3,23,25,26,27). The van der Waals surface area contributed by atoms with Crippen molar-refractivity contribution in [1.82, 2.24) is 19.5 Å². The van der Waals surface area contributed by atoms with Crippen molar-refractivity contribution in [2.75, 3.05) is 17.8 Å². The monoisotopic (exact) mass is 414 g/mol. The summed E-state index contributed by atoms with van der Waals surface area (Å²) >= 11 is 0. The predicted octanol–water partition coefficient (Wildman–Crippen LogP) is 3.60. The molecule has 8 nitrogen and oxygen atoms in total. The maximum atomic E-state index is 14.6. The minimum atomic E-state index is -0.879. The van der Waals surface area contributed by atoms with Crippen LogP contribution in [0.2, 0.25) is 0 Å². The second-order valence-electron chi connectivity index (χ2n) is 6.51. The van der Waals surface area contributed by atoms with Gasteiger partial charge in [0.1, 0.15) is 17.2 Å². The average Bonchev–Trinajstić information content (AvgIpc) is 3.29. The van der Waals surface area contributed by atoms with E-state index in [-0.39, 0.29) is 35.4 Å². The molecule has 11 heteroatoms. The van der Waals surface area contributed by atoms with Crippen LogP contribution in [0, 0.1) is 24.4 Å². The van der Waals surface area contributed by atoms with Gasteiger partial charge in [0.05, 0.1) is 5.52 Å². The molecule has 3 heterocycles. The minimum Gasteiger partial charge on any atom is -0.454 e. The molecule has 2 aromatic carbocycles. The molecule has 0 saturated carbocycles. The molecule has 0 amide bonds. The molecule has 4 aromatic rings. The number of anilines is 3. The van der Waals surface area contributed by atoms with Gasteiger partial charge >= 0.3 is 0 Å². The molecule has 0 spiro atoms. The van der Waals surface area contributed by atoms with Crippen LogP contribution in [0.25, 0.3) is 17.0 Å². The van der Waals surface area contributed by atoms with Gasteiger partial charge in [0, 0.05) is 23.9 Å². The van der Waals surface area contributed by atoms with Gasteiger partial charge < -0.3 is 20.5 Å². The molecule has 0 aliphatic carbocycles. The summed E-state index contributed by atoms with van der Waals surface area (Å²) in [5, 5.41) is 2.81. The van der Waals surface area contributed by atoms with E-state index in [0.29, 0.717) is 17.2 Å². The molecule has 0 radical (unpaired) electrons. The Kier molecular flexibility index (Phi) is 3.91. The molecule has 152 valence electrons. The fraction of sp³-hybridized carbons (Fsp3) is 0.105. The first-order valence-corrected chi connectivity index (χ1v) is 8.75. The third-order valence-corrected chi connectivity index (χ3v) is 4.55. The van der Waals surface area contributed by atoms with Gasteiger partial charge in [-0.3, -0.25) is 4.57 Å². The van der Waals surface area contributed by atoms with Gasteiger partial charge in [0.2, 0.25) is 18.6 Å². The Balaban J connectivity index is 1.62. The summed E-state index contributed by atoms with van der Waals surface area (Å²) < 4.78 is 54.3. The number of hydrogen-bond donors (Lipinski definition) is 2.